The van der Waals surface area contributed by atoms with E-state index in [1.165, 1.54) is 0 Å². The number of hydrogen-bond acceptors (Lipinski definition) is 3. The zero-order valence-electron chi connectivity index (χ0n) is 20.7. The Hall–Kier alpha value is -2.08. The molecule has 1 amide bonds. The van der Waals surface area contributed by atoms with Crippen LogP contribution in [0.2, 0.25) is 10.0 Å². The van der Waals surface area contributed by atoms with Crippen LogP contribution in [0, 0.1) is 19.8 Å². The first-order chi connectivity index (χ1) is 15.4. The van der Waals surface area contributed by atoms with Crippen LogP contribution in [0.4, 0.5) is 0 Å². The molecule has 0 aliphatic carbocycles. The maximum atomic E-state index is 10.4. The fourth-order valence-electron chi connectivity index (χ4n) is 3.50. The zero-order chi connectivity index (χ0) is 24.9. The molecule has 2 heterocycles. The van der Waals surface area contributed by atoms with Crippen molar-refractivity contribution in [3.63, 3.8) is 0 Å². The molecule has 1 aromatic heterocycles. The van der Waals surface area contributed by atoms with Gasteiger partial charge in [-0.05, 0) is 69.9 Å². The molecule has 7 heteroatoms. The Morgan fingerprint density at radius 1 is 1.21 bits per heavy atom. The van der Waals surface area contributed by atoms with Gasteiger partial charge in [-0.15, -0.1) is 0 Å². The summed E-state index contributed by atoms with van der Waals surface area (Å²) in [7, 11) is 0. The third-order valence-electron chi connectivity index (χ3n) is 5.81. The van der Waals surface area contributed by atoms with E-state index >= 15 is 0 Å². The Bertz CT molecular complexity index is 1020. The number of rotatable bonds is 5. The summed E-state index contributed by atoms with van der Waals surface area (Å²) >= 11 is 12.3. The predicted molar refractivity (Wildman–Crippen MR) is 138 cm³/mol. The molecule has 1 aromatic carbocycles. The minimum absolute atomic E-state index is 0.111. The van der Waals surface area contributed by atoms with Crippen LogP contribution in [0.5, 0.6) is 0 Å². The lowest BCUT2D eigenvalue weighted by Gasteiger charge is -2.39. The number of allylic oxidation sites excluding steroid dienone is 3. The molecule has 0 atom stereocenters. The minimum atomic E-state index is -0.111. The average molecular weight is 492 g/mol. The zero-order valence-corrected chi connectivity index (χ0v) is 22.2. The van der Waals surface area contributed by atoms with Gasteiger partial charge in [-0.3, -0.25) is 4.79 Å². The first kappa shape index (κ1) is 27.2. The van der Waals surface area contributed by atoms with Crippen molar-refractivity contribution < 1.29 is 9.53 Å². The number of aryl methyl sites for hydroxylation is 1. The van der Waals surface area contributed by atoms with E-state index in [1.807, 2.05) is 37.6 Å². The summed E-state index contributed by atoms with van der Waals surface area (Å²) in [5.74, 6) is 0.406. The lowest BCUT2D eigenvalue weighted by molar-refractivity contribution is -0.132. The number of halogens is 2. The highest BCUT2D eigenvalue weighted by Gasteiger charge is 2.28. The third kappa shape index (κ3) is 6.95. The summed E-state index contributed by atoms with van der Waals surface area (Å²) in [6.45, 7) is 20.6. The number of carbonyl (C=O) groups is 1. The van der Waals surface area contributed by atoms with Crippen LogP contribution < -0.4 is 0 Å². The fourth-order valence-corrected chi connectivity index (χ4v) is 4.01. The first-order valence-electron chi connectivity index (χ1n) is 11.1. The maximum absolute atomic E-state index is 10.4. The van der Waals surface area contributed by atoms with Crippen molar-refractivity contribution in [3.05, 3.63) is 63.4 Å². The van der Waals surface area contributed by atoms with Crippen molar-refractivity contribution in [1.29, 1.82) is 0 Å². The van der Waals surface area contributed by atoms with Gasteiger partial charge in [0.05, 0.1) is 35.8 Å². The molecule has 0 N–H and O–H groups in total. The van der Waals surface area contributed by atoms with E-state index in [-0.39, 0.29) is 5.54 Å². The van der Waals surface area contributed by atoms with Crippen LogP contribution in [0.3, 0.4) is 0 Å². The topological polar surface area (TPSA) is 47.4 Å². The van der Waals surface area contributed by atoms with Gasteiger partial charge in [-0.2, -0.15) is 5.10 Å². The molecule has 0 radical (unpaired) electrons. The second kappa shape index (κ2) is 11.4. The van der Waals surface area contributed by atoms with Gasteiger partial charge < -0.3 is 9.64 Å². The van der Waals surface area contributed by atoms with Gasteiger partial charge in [0.25, 0.3) is 0 Å². The largest absolute Gasteiger partial charge is 0.377 e. The number of morpholine rings is 1. The van der Waals surface area contributed by atoms with Crippen molar-refractivity contribution in [1.82, 2.24) is 14.7 Å². The number of amides is 1. The monoisotopic (exact) mass is 491 g/mol. The number of carbonyl (C=O) groups excluding carboxylic acids is 1. The standard InChI is InChI=1S/C19H22Cl2N2.C7H13NO2/c1-11(2)12(3)7-13(4)19-14(5)15(6)22-23(19)18-9-16(20)8-17(21)10-18;1-7(2)5-10-4-3-8(7)6-9/h7-11H,3H2,1-2,4-6H3;6H,3-5H2,1-2H3/b13-7+;. The molecule has 0 unspecified atom stereocenters. The minimum Gasteiger partial charge on any atom is -0.377 e. The average Bonchev–Trinajstić information content (AvgIpc) is 3.02. The molecule has 33 heavy (non-hydrogen) atoms. The van der Waals surface area contributed by atoms with Crippen LogP contribution in [-0.4, -0.2) is 46.4 Å². The van der Waals surface area contributed by atoms with Crippen LogP contribution in [0.25, 0.3) is 11.3 Å². The van der Waals surface area contributed by atoms with Gasteiger partial charge in [0.2, 0.25) is 6.41 Å². The molecule has 1 aliphatic rings. The van der Waals surface area contributed by atoms with Crippen molar-refractivity contribution in [2.24, 2.45) is 5.92 Å². The molecule has 0 spiro atoms. The Morgan fingerprint density at radius 3 is 2.30 bits per heavy atom. The summed E-state index contributed by atoms with van der Waals surface area (Å²) in [6.07, 6.45) is 3.01. The number of benzene rings is 1. The van der Waals surface area contributed by atoms with E-state index in [2.05, 4.69) is 45.4 Å². The number of aromatic nitrogens is 2. The van der Waals surface area contributed by atoms with E-state index in [0.29, 0.717) is 29.2 Å². The molecule has 0 saturated carbocycles. The molecule has 5 nitrogen and oxygen atoms in total. The highest BCUT2D eigenvalue weighted by atomic mass is 35.5. The van der Waals surface area contributed by atoms with E-state index in [1.54, 1.807) is 11.0 Å². The molecule has 1 aliphatic heterocycles. The summed E-state index contributed by atoms with van der Waals surface area (Å²) < 4.78 is 7.12. The fraction of sp³-hybridized carbons (Fsp3) is 0.462. The number of nitrogens with zero attached hydrogens (tertiary/aromatic N) is 3. The third-order valence-corrected chi connectivity index (χ3v) is 6.24. The van der Waals surface area contributed by atoms with Gasteiger partial charge in [0.1, 0.15) is 0 Å². The highest BCUT2D eigenvalue weighted by Crippen LogP contribution is 2.29. The van der Waals surface area contributed by atoms with E-state index < -0.39 is 0 Å². The molecule has 0 bridgehead atoms. The molecule has 3 rings (SSSR count). The Balaban J connectivity index is 0.000000321. The van der Waals surface area contributed by atoms with Gasteiger partial charge >= 0.3 is 0 Å². The van der Waals surface area contributed by atoms with Crippen molar-refractivity contribution >= 4 is 35.2 Å². The molecule has 2 aromatic rings. The Kier molecular flexibility index (Phi) is 9.36. The molecular formula is C26H35Cl2N3O2. The normalized spacial score (nSPS) is 15.8. The lowest BCUT2D eigenvalue weighted by Crippen LogP contribution is -2.52. The van der Waals surface area contributed by atoms with Gasteiger partial charge in [-0.1, -0.05) is 55.3 Å². The highest BCUT2D eigenvalue weighted by molar-refractivity contribution is 6.34. The van der Waals surface area contributed by atoms with Crippen LogP contribution in [0.1, 0.15) is 51.6 Å². The van der Waals surface area contributed by atoms with E-state index in [0.717, 1.165) is 46.7 Å². The second-order valence-electron chi connectivity index (χ2n) is 9.32. The summed E-state index contributed by atoms with van der Waals surface area (Å²) in [5, 5.41) is 5.85. The Labute approximate surface area is 208 Å². The molecule has 180 valence electrons. The maximum Gasteiger partial charge on any atom is 0.210 e. The smallest absolute Gasteiger partial charge is 0.210 e. The van der Waals surface area contributed by atoms with Crippen LogP contribution in [0.15, 0.2) is 36.4 Å². The number of ether oxygens (including phenoxy) is 1. The van der Waals surface area contributed by atoms with Crippen molar-refractivity contribution in [2.45, 2.75) is 54.0 Å². The summed E-state index contributed by atoms with van der Waals surface area (Å²) in [5.41, 5.74) is 6.15. The van der Waals surface area contributed by atoms with E-state index in [4.69, 9.17) is 27.9 Å². The predicted octanol–water partition coefficient (Wildman–Crippen LogP) is 6.67. The van der Waals surface area contributed by atoms with Crippen molar-refractivity contribution in [3.8, 4) is 5.69 Å². The first-order valence-corrected chi connectivity index (χ1v) is 11.8. The second-order valence-corrected chi connectivity index (χ2v) is 10.2. The van der Waals surface area contributed by atoms with Crippen LogP contribution >= 0.6 is 23.2 Å². The molecule has 1 fully saturated rings. The summed E-state index contributed by atoms with van der Waals surface area (Å²) in [6, 6.07) is 5.46. The van der Waals surface area contributed by atoms with Gasteiger partial charge in [0.15, 0.2) is 0 Å². The molecule has 1 saturated heterocycles. The lowest BCUT2D eigenvalue weighted by atomic mass is 10.00. The Morgan fingerprint density at radius 2 is 1.82 bits per heavy atom. The van der Waals surface area contributed by atoms with Gasteiger partial charge in [-0.25, -0.2) is 4.68 Å². The molecular weight excluding hydrogens is 457 g/mol. The SMILES string of the molecule is C=C(/C=C(\C)c1c(C)c(C)nn1-c1cc(Cl)cc(Cl)c1)C(C)C.CC1(C)COCCN1C=O. The van der Waals surface area contributed by atoms with Crippen molar-refractivity contribution in [2.75, 3.05) is 19.8 Å². The quantitative estimate of drug-likeness (QED) is 0.346. The number of hydrogen-bond donors (Lipinski definition) is 0. The van der Waals surface area contributed by atoms with E-state index in [9.17, 15) is 4.79 Å². The van der Waals surface area contributed by atoms with Gasteiger partial charge in [0, 0.05) is 16.6 Å². The van der Waals surface area contributed by atoms with Crippen LogP contribution in [-0.2, 0) is 9.53 Å². The summed E-state index contributed by atoms with van der Waals surface area (Å²) in [4.78, 5) is 12.2.